The lowest BCUT2D eigenvalue weighted by Crippen LogP contribution is -2.36. The number of phenolic OH excluding ortho intramolecular Hbond substituents is 1. The van der Waals surface area contributed by atoms with Crippen molar-refractivity contribution in [1.29, 1.82) is 0 Å². The number of nitrogens with one attached hydrogen (secondary N) is 1. The number of aromatic hydroxyl groups is 1. The van der Waals surface area contributed by atoms with Gasteiger partial charge in [0.05, 0.1) is 0 Å². The predicted molar refractivity (Wildman–Crippen MR) is 110 cm³/mol. The summed E-state index contributed by atoms with van der Waals surface area (Å²) in [6, 6.07) is 16.5. The van der Waals surface area contributed by atoms with Crippen LogP contribution in [0.5, 0.6) is 5.75 Å². The number of rotatable bonds is 2. The van der Waals surface area contributed by atoms with Gasteiger partial charge in [-0.2, -0.15) is 4.98 Å². The van der Waals surface area contributed by atoms with Crippen LogP contribution in [-0.4, -0.2) is 25.7 Å². The Morgan fingerprint density at radius 3 is 2.52 bits per heavy atom. The number of ketones is 1. The van der Waals surface area contributed by atoms with Gasteiger partial charge in [-0.05, 0) is 41.7 Å². The van der Waals surface area contributed by atoms with Gasteiger partial charge in [0, 0.05) is 23.3 Å². The van der Waals surface area contributed by atoms with Crippen LogP contribution in [0.15, 0.2) is 65.9 Å². The number of carbonyl (C=O) groups is 1. The first-order valence-electron chi connectivity index (χ1n) is 9.75. The molecule has 2 aromatic carbocycles. The third-order valence-corrected chi connectivity index (χ3v) is 5.57. The van der Waals surface area contributed by atoms with E-state index in [4.69, 9.17) is 10.1 Å². The smallest absolute Gasteiger partial charge is 0.226 e. The molecule has 0 saturated heterocycles. The van der Waals surface area contributed by atoms with E-state index in [9.17, 15) is 9.90 Å². The van der Waals surface area contributed by atoms with Gasteiger partial charge in [0.25, 0.3) is 0 Å². The fraction of sp³-hybridized carbons (Fsp3) is 0.261. The normalized spacial score (nSPS) is 20.1. The number of allylic oxidation sites excluding steroid dienone is 2. The summed E-state index contributed by atoms with van der Waals surface area (Å²) in [5.41, 5.74) is 3.45. The van der Waals surface area contributed by atoms with Gasteiger partial charge in [0.1, 0.15) is 11.8 Å². The average molecular weight is 386 g/mol. The van der Waals surface area contributed by atoms with Crippen molar-refractivity contribution in [3.63, 3.8) is 0 Å². The molecule has 6 heteroatoms. The lowest BCUT2D eigenvalue weighted by Gasteiger charge is -2.38. The molecule has 0 bridgehead atoms. The van der Waals surface area contributed by atoms with E-state index in [0.29, 0.717) is 18.2 Å². The van der Waals surface area contributed by atoms with E-state index >= 15 is 0 Å². The van der Waals surface area contributed by atoms with Crippen molar-refractivity contribution in [2.24, 2.45) is 5.41 Å². The van der Waals surface area contributed by atoms with Crippen LogP contribution in [0.2, 0.25) is 0 Å². The Morgan fingerprint density at radius 2 is 1.79 bits per heavy atom. The number of phenols is 1. The van der Waals surface area contributed by atoms with E-state index < -0.39 is 0 Å². The van der Waals surface area contributed by atoms with Crippen molar-refractivity contribution >= 4 is 11.7 Å². The summed E-state index contributed by atoms with van der Waals surface area (Å²) in [4.78, 5) is 17.9. The monoisotopic (exact) mass is 386 g/mol. The van der Waals surface area contributed by atoms with Crippen LogP contribution >= 0.6 is 0 Å². The van der Waals surface area contributed by atoms with E-state index in [0.717, 1.165) is 28.8 Å². The zero-order chi connectivity index (χ0) is 20.2. The molecular weight excluding hydrogens is 364 g/mol. The van der Waals surface area contributed by atoms with Crippen LogP contribution in [0.1, 0.15) is 38.3 Å². The highest BCUT2D eigenvalue weighted by Gasteiger charge is 2.41. The van der Waals surface area contributed by atoms with Crippen molar-refractivity contribution in [2.45, 2.75) is 32.7 Å². The third kappa shape index (κ3) is 3.01. The highest BCUT2D eigenvalue weighted by atomic mass is 16.3. The zero-order valence-corrected chi connectivity index (χ0v) is 16.4. The predicted octanol–water partition coefficient (Wildman–Crippen LogP) is 4.31. The molecule has 2 heterocycles. The Balaban J connectivity index is 1.67. The van der Waals surface area contributed by atoms with E-state index in [1.54, 1.807) is 24.3 Å². The summed E-state index contributed by atoms with van der Waals surface area (Å²) in [5.74, 6) is 1.54. The molecule has 0 unspecified atom stereocenters. The van der Waals surface area contributed by atoms with Crippen LogP contribution < -0.4 is 5.32 Å². The Hall–Kier alpha value is -3.41. The molecule has 1 aromatic heterocycles. The number of Topliss-reactive ketones (excluding diaryl/α,β-unsaturated/α-hetero) is 1. The molecular formula is C23H22N4O2. The molecule has 1 aliphatic heterocycles. The van der Waals surface area contributed by atoms with Crippen molar-refractivity contribution in [1.82, 2.24) is 14.8 Å². The Morgan fingerprint density at radius 1 is 1.07 bits per heavy atom. The second kappa shape index (κ2) is 6.30. The van der Waals surface area contributed by atoms with Crippen LogP contribution in [0.4, 0.5) is 5.95 Å². The van der Waals surface area contributed by atoms with Crippen molar-refractivity contribution < 1.29 is 9.90 Å². The fourth-order valence-corrected chi connectivity index (χ4v) is 4.29. The molecule has 5 rings (SSSR count). The van der Waals surface area contributed by atoms with E-state index in [1.165, 1.54) is 0 Å². The van der Waals surface area contributed by atoms with Crippen molar-refractivity contribution in [2.75, 3.05) is 5.32 Å². The highest BCUT2D eigenvalue weighted by Crippen LogP contribution is 2.45. The summed E-state index contributed by atoms with van der Waals surface area (Å²) in [5, 5.41) is 17.7. The third-order valence-electron chi connectivity index (χ3n) is 5.57. The summed E-state index contributed by atoms with van der Waals surface area (Å²) in [6.45, 7) is 4.24. The quantitative estimate of drug-likeness (QED) is 0.686. The molecule has 146 valence electrons. The summed E-state index contributed by atoms with van der Waals surface area (Å²) >= 11 is 0. The number of hydrogen-bond donors (Lipinski definition) is 2. The Labute approximate surface area is 168 Å². The topological polar surface area (TPSA) is 80.0 Å². The number of fused-ring (bicyclic) bond motifs is 1. The maximum Gasteiger partial charge on any atom is 0.226 e. The standard InChI is InChI=1S/C23H22N4O2/c1-23(2)12-17-19(18(29)13-23)20(14-6-4-3-5-7-14)27-22(24-17)25-21(26-27)15-8-10-16(28)11-9-15/h3-11,20,28H,12-13H2,1-2H3,(H,24,25,26)/t20-/m0/s1. The Kier molecular flexibility index (Phi) is 3.84. The number of anilines is 1. The minimum Gasteiger partial charge on any atom is -0.508 e. The van der Waals surface area contributed by atoms with Gasteiger partial charge in [0.15, 0.2) is 11.6 Å². The molecule has 0 spiro atoms. The summed E-state index contributed by atoms with van der Waals surface area (Å²) in [7, 11) is 0. The molecule has 1 aliphatic carbocycles. The first-order chi connectivity index (χ1) is 13.9. The van der Waals surface area contributed by atoms with Crippen LogP contribution in [0.3, 0.4) is 0 Å². The molecule has 2 N–H and O–H groups in total. The summed E-state index contributed by atoms with van der Waals surface area (Å²) in [6.07, 6.45) is 1.31. The summed E-state index contributed by atoms with van der Waals surface area (Å²) < 4.78 is 1.81. The molecule has 6 nitrogen and oxygen atoms in total. The first-order valence-corrected chi connectivity index (χ1v) is 9.75. The SMILES string of the molecule is CC1(C)CC(=O)C2=C(C1)Nc1nc(-c3ccc(O)cc3)nn1[C@H]2c1ccccc1. The lowest BCUT2D eigenvalue weighted by molar-refractivity contribution is -0.118. The number of nitrogens with zero attached hydrogens (tertiary/aromatic N) is 3. The van der Waals surface area contributed by atoms with Gasteiger partial charge < -0.3 is 10.4 Å². The highest BCUT2D eigenvalue weighted by molar-refractivity contribution is 6.00. The Bertz CT molecular complexity index is 1130. The van der Waals surface area contributed by atoms with Crippen LogP contribution in [0, 0.1) is 5.41 Å². The first kappa shape index (κ1) is 17.7. The number of benzene rings is 2. The van der Waals surface area contributed by atoms with Gasteiger partial charge in [0.2, 0.25) is 5.95 Å². The molecule has 2 aliphatic rings. The fourth-order valence-electron chi connectivity index (χ4n) is 4.29. The molecule has 0 saturated carbocycles. The molecule has 0 amide bonds. The molecule has 3 aromatic rings. The second-order valence-electron chi connectivity index (χ2n) is 8.52. The largest absolute Gasteiger partial charge is 0.508 e. The van der Waals surface area contributed by atoms with Crippen molar-refractivity contribution in [3.8, 4) is 17.1 Å². The van der Waals surface area contributed by atoms with Gasteiger partial charge in [-0.25, -0.2) is 4.68 Å². The molecule has 1 atom stereocenters. The molecule has 29 heavy (non-hydrogen) atoms. The van der Waals surface area contributed by atoms with Gasteiger partial charge in [-0.3, -0.25) is 4.79 Å². The maximum atomic E-state index is 13.2. The van der Waals surface area contributed by atoms with Crippen molar-refractivity contribution in [3.05, 3.63) is 71.4 Å². The van der Waals surface area contributed by atoms with E-state index in [-0.39, 0.29) is 23.0 Å². The maximum absolute atomic E-state index is 13.2. The average Bonchev–Trinajstić information content (AvgIpc) is 3.10. The molecule has 0 radical (unpaired) electrons. The van der Waals surface area contributed by atoms with Gasteiger partial charge in [-0.1, -0.05) is 44.2 Å². The van der Waals surface area contributed by atoms with Gasteiger partial charge in [-0.15, -0.1) is 5.10 Å². The zero-order valence-electron chi connectivity index (χ0n) is 16.4. The van der Waals surface area contributed by atoms with Crippen LogP contribution in [0.25, 0.3) is 11.4 Å². The minimum atomic E-state index is -0.301. The molecule has 0 fully saturated rings. The number of carbonyl (C=O) groups excluding carboxylic acids is 1. The number of hydrogen-bond acceptors (Lipinski definition) is 5. The second-order valence-corrected chi connectivity index (χ2v) is 8.52. The van der Waals surface area contributed by atoms with Crippen LogP contribution in [-0.2, 0) is 4.79 Å². The van der Waals surface area contributed by atoms with E-state index in [1.807, 2.05) is 35.0 Å². The van der Waals surface area contributed by atoms with Gasteiger partial charge >= 0.3 is 0 Å². The lowest BCUT2D eigenvalue weighted by atomic mass is 9.73. The minimum absolute atomic E-state index is 0.0911. The van der Waals surface area contributed by atoms with E-state index in [2.05, 4.69) is 19.2 Å². The number of aromatic nitrogens is 3.